The van der Waals surface area contributed by atoms with Gasteiger partial charge in [0.2, 0.25) is 0 Å². The Hall–Kier alpha value is -2.05. The normalized spacial score (nSPS) is 11.8. The number of aromatic hydroxyl groups is 1. The van der Waals surface area contributed by atoms with Gasteiger partial charge in [-0.3, -0.25) is 0 Å². The maximum atomic E-state index is 12.1. The number of benzene rings is 2. The van der Waals surface area contributed by atoms with Crippen LogP contribution in [-0.2, 0) is 10.0 Å². The SMILES string of the molecule is Cc1ccc(S(=O)(=O)N/N=C/c2cc(Cl)ccc2O)cc1C. The average Bonchev–Trinajstić information content (AvgIpc) is 2.45. The zero-order valence-corrected chi connectivity index (χ0v) is 13.6. The van der Waals surface area contributed by atoms with E-state index in [1.54, 1.807) is 12.1 Å². The van der Waals surface area contributed by atoms with Crippen LogP contribution < -0.4 is 4.83 Å². The summed E-state index contributed by atoms with van der Waals surface area (Å²) in [6.07, 6.45) is 1.19. The van der Waals surface area contributed by atoms with Crippen LogP contribution >= 0.6 is 11.6 Å². The molecule has 2 aromatic carbocycles. The first kappa shape index (κ1) is 16.3. The van der Waals surface area contributed by atoms with Crippen LogP contribution in [-0.4, -0.2) is 19.7 Å². The van der Waals surface area contributed by atoms with Gasteiger partial charge < -0.3 is 5.11 Å². The van der Waals surface area contributed by atoms with Crippen molar-refractivity contribution in [3.63, 3.8) is 0 Å². The maximum Gasteiger partial charge on any atom is 0.276 e. The molecule has 5 nitrogen and oxygen atoms in total. The molecule has 0 spiro atoms. The Bertz CT molecular complexity index is 833. The fourth-order valence-corrected chi connectivity index (χ4v) is 2.78. The zero-order valence-electron chi connectivity index (χ0n) is 12.0. The Morgan fingerprint density at radius 2 is 1.86 bits per heavy atom. The molecule has 2 rings (SSSR count). The molecule has 2 N–H and O–H groups in total. The van der Waals surface area contributed by atoms with E-state index in [2.05, 4.69) is 9.93 Å². The van der Waals surface area contributed by atoms with Crippen LogP contribution in [0.4, 0.5) is 0 Å². The van der Waals surface area contributed by atoms with Crippen LogP contribution in [0.5, 0.6) is 5.75 Å². The number of nitrogens with zero attached hydrogens (tertiary/aromatic N) is 1. The van der Waals surface area contributed by atoms with Crippen LogP contribution in [0.3, 0.4) is 0 Å². The molecule has 116 valence electrons. The second-order valence-corrected chi connectivity index (χ2v) is 6.90. The van der Waals surface area contributed by atoms with Crippen molar-refractivity contribution in [2.24, 2.45) is 5.10 Å². The van der Waals surface area contributed by atoms with Crippen molar-refractivity contribution in [1.82, 2.24) is 4.83 Å². The molecule has 2 aromatic rings. The van der Waals surface area contributed by atoms with Gasteiger partial charge in [0.15, 0.2) is 0 Å². The largest absolute Gasteiger partial charge is 0.507 e. The molecule has 7 heteroatoms. The summed E-state index contributed by atoms with van der Waals surface area (Å²) in [5.74, 6) is -0.0430. The third-order valence-corrected chi connectivity index (χ3v) is 4.61. The molecule has 0 aliphatic heterocycles. The van der Waals surface area contributed by atoms with Crippen LogP contribution in [0.25, 0.3) is 0 Å². The number of halogens is 1. The molecule has 0 bridgehead atoms. The number of phenols is 1. The topological polar surface area (TPSA) is 78.8 Å². The Balaban J connectivity index is 2.20. The molecule has 0 aliphatic rings. The molecule has 0 radical (unpaired) electrons. The summed E-state index contributed by atoms with van der Waals surface area (Å²) in [5, 5.41) is 13.7. The van der Waals surface area contributed by atoms with Crippen molar-refractivity contribution in [2.75, 3.05) is 0 Å². The van der Waals surface area contributed by atoms with E-state index in [1.807, 2.05) is 13.8 Å². The zero-order chi connectivity index (χ0) is 16.3. The first-order valence-electron chi connectivity index (χ1n) is 6.40. The van der Waals surface area contributed by atoms with Gasteiger partial charge in [0.05, 0.1) is 11.1 Å². The van der Waals surface area contributed by atoms with E-state index >= 15 is 0 Å². The lowest BCUT2D eigenvalue weighted by molar-refractivity contribution is 0.474. The smallest absolute Gasteiger partial charge is 0.276 e. The molecule has 0 heterocycles. The second-order valence-electron chi connectivity index (χ2n) is 4.80. The fraction of sp³-hybridized carbons (Fsp3) is 0.133. The minimum Gasteiger partial charge on any atom is -0.507 e. The van der Waals surface area contributed by atoms with Crippen molar-refractivity contribution >= 4 is 27.8 Å². The number of hydrogen-bond donors (Lipinski definition) is 2. The summed E-state index contributed by atoms with van der Waals surface area (Å²) >= 11 is 5.80. The number of aryl methyl sites for hydroxylation is 2. The van der Waals surface area contributed by atoms with Crippen molar-refractivity contribution in [2.45, 2.75) is 18.7 Å². The van der Waals surface area contributed by atoms with Gasteiger partial charge in [-0.2, -0.15) is 13.5 Å². The molecule has 0 aromatic heterocycles. The number of nitrogens with one attached hydrogen (secondary N) is 1. The second kappa shape index (κ2) is 6.37. The number of rotatable bonds is 4. The van der Waals surface area contributed by atoms with Crippen molar-refractivity contribution in [1.29, 1.82) is 0 Å². The van der Waals surface area contributed by atoms with E-state index in [1.165, 1.54) is 30.5 Å². The minimum atomic E-state index is -3.76. The Morgan fingerprint density at radius 1 is 1.14 bits per heavy atom. The fourth-order valence-electron chi connectivity index (χ4n) is 1.73. The Kier molecular flexibility index (Phi) is 4.73. The lowest BCUT2D eigenvalue weighted by atomic mass is 10.1. The summed E-state index contributed by atoms with van der Waals surface area (Å²) in [6.45, 7) is 3.74. The van der Waals surface area contributed by atoms with Gasteiger partial charge in [0, 0.05) is 10.6 Å². The van der Waals surface area contributed by atoms with Crippen LogP contribution in [0.2, 0.25) is 5.02 Å². The summed E-state index contributed by atoms with van der Waals surface area (Å²) in [4.78, 5) is 2.23. The van der Waals surface area contributed by atoms with E-state index in [4.69, 9.17) is 11.6 Å². The average molecular weight is 339 g/mol. The van der Waals surface area contributed by atoms with Gasteiger partial charge >= 0.3 is 0 Å². The van der Waals surface area contributed by atoms with Crippen molar-refractivity contribution in [3.05, 3.63) is 58.1 Å². The van der Waals surface area contributed by atoms with E-state index in [0.717, 1.165) is 11.1 Å². The lowest BCUT2D eigenvalue weighted by Gasteiger charge is -2.06. The predicted molar refractivity (Wildman–Crippen MR) is 86.9 cm³/mol. The number of phenolic OH excluding ortho intramolecular Hbond substituents is 1. The third kappa shape index (κ3) is 3.78. The van der Waals surface area contributed by atoms with Gasteiger partial charge in [-0.05, 0) is 55.3 Å². The van der Waals surface area contributed by atoms with Gasteiger partial charge in [-0.25, -0.2) is 4.83 Å². The Labute approximate surface area is 134 Å². The van der Waals surface area contributed by atoms with Crippen molar-refractivity contribution in [3.8, 4) is 5.75 Å². The highest BCUT2D eigenvalue weighted by Gasteiger charge is 2.13. The molecule has 0 aliphatic carbocycles. The molecule has 22 heavy (non-hydrogen) atoms. The monoisotopic (exact) mass is 338 g/mol. The van der Waals surface area contributed by atoms with Gasteiger partial charge in [-0.15, -0.1) is 0 Å². The maximum absolute atomic E-state index is 12.1. The third-order valence-electron chi connectivity index (χ3n) is 3.15. The highest BCUT2D eigenvalue weighted by molar-refractivity contribution is 7.89. The predicted octanol–water partition coefficient (Wildman–Crippen LogP) is 2.97. The molecule has 0 fully saturated rings. The molecule has 0 atom stereocenters. The van der Waals surface area contributed by atoms with Gasteiger partial charge in [-0.1, -0.05) is 17.7 Å². The molecule has 0 saturated heterocycles. The number of hydrazone groups is 1. The first-order valence-corrected chi connectivity index (χ1v) is 8.26. The first-order chi connectivity index (χ1) is 10.3. The van der Waals surface area contributed by atoms with Crippen LogP contribution in [0.15, 0.2) is 46.4 Å². The standard InChI is InChI=1S/C15H15ClN2O3S/c1-10-3-5-14(7-11(10)2)22(20,21)18-17-9-12-8-13(16)4-6-15(12)19/h3-9,18-19H,1-2H3/b17-9+. The summed E-state index contributed by atoms with van der Waals surface area (Å²) in [6, 6.07) is 9.22. The van der Waals surface area contributed by atoms with Gasteiger partial charge in [0.25, 0.3) is 10.0 Å². The van der Waals surface area contributed by atoms with Crippen molar-refractivity contribution < 1.29 is 13.5 Å². The van der Waals surface area contributed by atoms with Crippen LogP contribution in [0.1, 0.15) is 16.7 Å². The summed E-state index contributed by atoms with van der Waals surface area (Å²) in [5.41, 5.74) is 2.20. The molecular formula is C15H15ClN2O3S. The summed E-state index contributed by atoms with van der Waals surface area (Å²) < 4.78 is 24.2. The molecule has 0 saturated carbocycles. The van der Waals surface area contributed by atoms with E-state index in [-0.39, 0.29) is 10.6 Å². The van der Waals surface area contributed by atoms with E-state index < -0.39 is 10.0 Å². The Morgan fingerprint density at radius 3 is 2.55 bits per heavy atom. The minimum absolute atomic E-state index is 0.0430. The molecule has 0 amide bonds. The van der Waals surface area contributed by atoms with Gasteiger partial charge in [0.1, 0.15) is 5.75 Å². The van der Waals surface area contributed by atoms with Crippen LogP contribution in [0, 0.1) is 13.8 Å². The molecule has 0 unspecified atom stereocenters. The van der Waals surface area contributed by atoms with E-state index in [0.29, 0.717) is 10.6 Å². The highest BCUT2D eigenvalue weighted by Crippen LogP contribution is 2.19. The summed E-state index contributed by atoms with van der Waals surface area (Å²) in [7, 11) is -3.76. The quantitative estimate of drug-likeness (QED) is 0.664. The highest BCUT2D eigenvalue weighted by atomic mass is 35.5. The number of hydrogen-bond acceptors (Lipinski definition) is 4. The number of sulfonamides is 1. The van der Waals surface area contributed by atoms with E-state index in [9.17, 15) is 13.5 Å². The molecular weight excluding hydrogens is 324 g/mol. The lowest BCUT2D eigenvalue weighted by Crippen LogP contribution is -2.18.